The summed E-state index contributed by atoms with van der Waals surface area (Å²) < 4.78 is 27.3. The van der Waals surface area contributed by atoms with E-state index >= 15 is 0 Å². The normalized spacial score (nSPS) is 11.7. The van der Waals surface area contributed by atoms with E-state index in [1.54, 1.807) is 24.3 Å². The Morgan fingerprint density at radius 3 is 2.67 bits per heavy atom. The Bertz CT molecular complexity index is 905. The summed E-state index contributed by atoms with van der Waals surface area (Å²) in [6, 6.07) is 8.01. The lowest BCUT2D eigenvalue weighted by Crippen LogP contribution is -2.12. The number of halogens is 2. The van der Waals surface area contributed by atoms with Gasteiger partial charge in [0.2, 0.25) is 0 Å². The van der Waals surface area contributed by atoms with Crippen LogP contribution in [0.3, 0.4) is 0 Å². The van der Waals surface area contributed by atoms with Gasteiger partial charge in [0.1, 0.15) is 10.0 Å². The minimum absolute atomic E-state index is 0.143. The minimum Gasteiger partial charge on any atom is -0.360 e. The first kappa shape index (κ1) is 14.2. The maximum Gasteiger partial charge on any atom is 0.264 e. The summed E-state index contributed by atoms with van der Waals surface area (Å²) in [6.07, 6.45) is 2.78. The van der Waals surface area contributed by atoms with Gasteiger partial charge in [0.05, 0.1) is 11.9 Å². The van der Waals surface area contributed by atoms with Gasteiger partial charge in [0, 0.05) is 22.1 Å². The fourth-order valence-corrected chi connectivity index (χ4v) is 3.45. The predicted molar refractivity (Wildman–Crippen MR) is 83.4 cm³/mol. The monoisotopic (exact) mass is 341 g/mol. The lowest BCUT2D eigenvalue weighted by atomic mass is 10.2. The summed E-state index contributed by atoms with van der Waals surface area (Å²) >= 11 is 11.6. The summed E-state index contributed by atoms with van der Waals surface area (Å²) in [5, 5.41) is 1.39. The SMILES string of the molecule is O=S(=O)(Nc1ccc(Cl)nc1)c1c[nH]c2cc(Cl)ccc12. The zero-order valence-electron chi connectivity index (χ0n) is 10.5. The molecule has 0 saturated carbocycles. The van der Waals surface area contributed by atoms with Crippen molar-refractivity contribution in [2.45, 2.75) is 4.90 Å². The molecule has 0 aliphatic rings. The van der Waals surface area contributed by atoms with Crippen LogP contribution in [-0.2, 0) is 10.0 Å². The van der Waals surface area contributed by atoms with E-state index in [0.717, 1.165) is 0 Å². The average Bonchev–Trinajstić information content (AvgIpc) is 2.85. The summed E-state index contributed by atoms with van der Waals surface area (Å²) in [6.45, 7) is 0. The number of nitrogens with zero attached hydrogens (tertiary/aromatic N) is 1. The van der Waals surface area contributed by atoms with E-state index in [2.05, 4.69) is 14.7 Å². The molecule has 0 fully saturated rings. The molecule has 0 saturated heterocycles. The summed E-state index contributed by atoms with van der Waals surface area (Å²) in [4.78, 5) is 6.86. The first-order valence-electron chi connectivity index (χ1n) is 5.87. The van der Waals surface area contributed by atoms with Gasteiger partial charge in [-0.3, -0.25) is 4.72 Å². The van der Waals surface area contributed by atoms with Crippen molar-refractivity contribution in [2.24, 2.45) is 0 Å². The van der Waals surface area contributed by atoms with E-state index in [9.17, 15) is 8.42 Å². The third-order valence-corrected chi connectivity index (χ3v) is 4.75. The number of benzene rings is 1. The number of rotatable bonds is 3. The second-order valence-electron chi connectivity index (χ2n) is 4.32. The molecule has 5 nitrogen and oxygen atoms in total. The summed E-state index contributed by atoms with van der Waals surface area (Å²) in [5.41, 5.74) is 0.986. The summed E-state index contributed by atoms with van der Waals surface area (Å²) in [5.74, 6) is 0. The molecule has 0 aliphatic heterocycles. The number of hydrogen-bond donors (Lipinski definition) is 2. The van der Waals surface area contributed by atoms with Crippen molar-refractivity contribution in [3.63, 3.8) is 0 Å². The highest BCUT2D eigenvalue weighted by atomic mass is 35.5. The second-order valence-corrected chi connectivity index (χ2v) is 6.79. The zero-order valence-corrected chi connectivity index (χ0v) is 12.8. The van der Waals surface area contributed by atoms with Gasteiger partial charge < -0.3 is 4.98 Å². The zero-order chi connectivity index (χ0) is 15.0. The first-order valence-corrected chi connectivity index (χ1v) is 8.11. The lowest BCUT2D eigenvalue weighted by molar-refractivity contribution is 0.602. The fraction of sp³-hybridized carbons (Fsp3) is 0. The molecule has 0 aliphatic carbocycles. The van der Waals surface area contributed by atoms with Gasteiger partial charge in [-0.25, -0.2) is 13.4 Å². The van der Waals surface area contributed by atoms with Crippen molar-refractivity contribution >= 4 is 49.8 Å². The van der Waals surface area contributed by atoms with Crippen LogP contribution in [-0.4, -0.2) is 18.4 Å². The van der Waals surface area contributed by atoms with Gasteiger partial charge in [-0.15, -0.1) is 0 Å². The number of aromatic amines is 1. The number of aromatic nitrogens is 2. The molecule has 0 radical (unpaired) electrons. The van der Waals surface area contributed by atoms with Crippen LogP contribution >= 0.6 is 23.2 Å². The predicted octanol–water partition coefficient (Wildman–Crippen LogP) is 3.67. The molecular weight excluding hydrogens is 333 g/mol. The Balaban J connectivity index is 2.02. The Kier molecular flexibility index (Phi) is 3.52. The van der Waals surface area contributed by atoms with Gasteiger partial charge >= 0.3 is 0 Å². The van der Waals surface area contributed by atoms with Gasteiger partial charge in [-0.2, -0.15) is 0 Å². The molecule has 3 rings (SSSR count). The van der Waals surface area contributed by atoms with E-state index < -0.39 is 10.0 Å². The molecule has 0 amide bonds. The fourth-order valence-electron chi connectivity index (χ4n) is 1.94. The Morgan fingerprint density at radius 2 is 1.95 bits per heavy atom. The molecular formula is C13H9Cl2N3O2S. The second kappa shape index (κ2) is 5.22. The number of anilines is 1. The Labute approximate surface area is 131 Å². The molecule has 8 heteroatoms. The highest BCUT2D eigenvalue weighted by Crippen LogP contribution is 2.26. The van der Waals surface area contributed by atoms with Crippen LogP contribution < -0.4 is 4.72 Å². The van der Waals surface area contributed by atoms with Crippen molar-refractivity contribution in [2.75, 3.05) is 4.72 Å². The molecule has 2 aromatic heterocycles. The Morgan fingerprint density at radius 1 is 1.14 bits per heavy atom. The lowest BCUT2D eigenvalue weighted by Gasteiger charge is -2.06. The molecule has 2 heterocycles. The van der Waals surface area contributed by atoms with Crippen molar-refractivity contribution < 1.29 is 8.42 Å². The van der Waals surface area contributed by atoms with Crippen molar-refractivity contribution in [1.29, 1.82) is 0 Å². The maximum atomic E-state index is 12.4. The molecule has 0 spiro atoms. The van der Waals surface area contributed by atoms with Crippen molar-refractivity contribution in [3.05, 3.63) is 52.9 Å². The smallest absolute Gasteiger partial charge is 0.264 e. The molecule has 1 aromatic carbocycles. The molecule has 21 heavy (non-hydrogen) atoms. The van der Waals surface area contributed by atoms with E-state index in [4.69, 9.17) is 23.2 Å². The van der Waals surface area contributed by atoms with Gasteiger partial charge in [0.25, 0.3) is 10.0 Å². The number of fused-ring (bicyclic) bond motifs is 1. The number of pyridine rings is 1. The molecule has 2 N–H and O–H groups in total. The third kappa shape index (κ3) is 2.83. The van der Waals surface area contributed by atoms with Gasteiger partial charge in [0.15, 0.2) is 0 Å². The summed E-state index contributed by atoms with van der Waals surface area (Å²) in [7, 11) is -3.73. The molecule has 108 valence electrons. The highest BCUT2D eigenvalue weighted by Gasteiger charge is 2.19. The topological polar surface area (TPSA) is 74.8 Å². The number of hydrogen-bond acceptors (Lipinski definition) is 3. The van der Waals surface area contributed by atoms with Crippen LogP contribution in [0.4, 0.5) is 5.69 Å². The molecule has 0 unspecified atom stereocenters. The van der Waals surface area contributed by atoms with E-state index in [1.807, 2.05) is 0 Å². The van der Waals surface area contributed by atoms with Crippen molar-refractivity contribution in [1.82, 2.24) is 9.97 Å². The standard InChI is InChI=1S/C13H9Cl2N3O2S/c14-8-1-3-10-11(5-8)16-7-12(10)21(19,20)18-9-2-4-13(15)17-6-9/h1-7,16,18H. The number of sulfonamides is 1. The molecule has 0 bridgehead atoms. The quantitative estimate of drug-likeness (QED) is 0.713. The van der Waals surface area contributed by atoms with Crippen LogP contribution in [0, 0.1) is 0 Å². The maximum absolute atomic E-state index is 12.4. The first-order chi connectivity index (χ1) is 9.95. The Hall–Kier alpha value is -1.76. The van der Waals surface area contributed by atoms with Crippen LogP contribution in [0.5, 0.6) is 0 Å². The molecule has 0 atom stereocenters. The highest BCUT2D eigenvalue weighted by molar-refractivity contribution is 7.93. The van der Waals surface area contributed by atoms with E-state index in [1.165, 1.54) is 18.5 Å². The van der Waals surface area contributed by atoms with E-state index in [0.29, 0.717) is 26.8 Å². The number of nitrogens with one attached hydrogen (secondary N) is 2. The average molecular weight is 342 g/mol. The van der Waals surface area contributed by atoms with Crippen LogP contribution in [0.15, 0.2) is 47.6 Å². The van der Waals surface area contributed by atoms with E-state index in [-0.39, 0.29) is 4.90 Å². The van der Waals surface area contributed by atoms with Gasteiger partial charge in [-0.05, 0) is 30.3 Å². The number of H-pyrrole nitrogens is 1. The van der Waals surface area contributed by atoms with Crippen LogP contribution in [0.2, 0.25) is 10.2 Å². The minimum atomic E-state index is -3.73. The third-order valence-electron chi connectivity index (χ3n) is 2.87. The largest absolute Gasteiger partial charge is 0.360 e. The van der Waals surface area contributed by atoms with Gasteiger partial charge in [-0.1, -0.05) is 23.2 Å². The van der Waals surface area contributed by atoms with Crippen LogP contribution in [0.25, 0.3) is 10.9 Å². The van der Waals surface area contributed by atoms with Crippen molar-refractivity contribution in [3.8, 4) is 0 Å². The van der Waals surface area contributed by atoms with Crippen LogP contribution in [0.1, 0.15) is 0 Å². The molecule has 3 aromatic rings.